The van der Waals surface area contributed by atoms with Crippen molar-refractivity contribution in [2.75, 3.05) is 6.61 Å². The first-order valence-corrected chi connectivity index (χ1v) is 4.74. The second-order valence-electron chi connectivity index (χ2n) is 3.07. The highest BCUT2D eigenvalue weighted by atomic mass is 19.3. The van der Waals surface area contributed by atoms with Crippen LogP contribution in [0.3, 0.4) is 0 Å². The highest BCUT2D eigenvalue weighted by Crippen LogP contribution is 2.21. The molecule has 0 aromatic carbocycles. The van der Waals surface area contributed by atoms with E-state index in [2.05, 4.69) is 9.72 Å². The summed E-state index contributed by atoms with van der Waals surface area (Å²) in [5.41, 5.74) is -1.73. The van der Waals surface area contributed by atoms with E-state index in [9.17, 15) is 22.4 Å². The zero-order valence-electron chi connectivity index (χ0n) is 8.84. The fourth-order valence-electron chi connectivity index (χ4n) is 1.15. The van der Waals surface area contributed by atoms with E-state index in [0.717, 1.165) is 0 Å². The van der Waals surface area contributed by atoms with Crippen molar-refractivity contribution in [2.45, 2.75) is 19.8 Å². The summed E-state index contributed by atoms with van der Waals surface area (Å²) in [6.45, 7) is 1.61. The van der Waals surface area contributed by atoms with Gasteiger partial charge >= 0.3 is 5.97 Å². The van der Waals surface area contributed by atoms with Gasteiger partial charge in [-0.2, -0.15) is 0 Å². The van der Waals surface area contributed by atoms with Crippen LogP contribution in [0.1, 0.15) is 24.7 Å². The van der Waals surface area contributed by atoms with Crippen molar-refractivity contribution >= 4 is 5.97 Å². The number of carbonyl (C=O) groups excluding carboxylic acids is 1. The second-order valence-corrected chi connectivity index (χ2v) is 3.07. The van der Waals surface area contributed by atoms with Crippen LogP contribution in [0.2, 0.25) is 0 Å². The van der Waals surface area contributed by atoms with Crippen LogP contribution < -0.4 is 0 Å². The third-order valence-electron chi connectivity index (χ3n) is 1.85. The molecule has 3 nitrogen and oxygen atoms in total. The Labute approximate surface area is 94.4 Å². The molecule has 17 heavy (non-hydrogen) atoms. The van der Waals surface area contributed by atoms with Gasteiger partial charge in [0.1, 0.15) is 11.5 Å². The maximum atomic E-state index is 13.1. The molecule has 0 N–H and O–H groups in total. The normalized spacial score (nSPS) is 10.7. The van der Waals surface area contributed by atoms with Crippen LogP contribution in [0.25, 0.3) is 0 Å². The molecule has 0 atom stereocenters. The Bertz CT molecular complexity index is 423. The summed E-state index contributed by atoms with van der Waals surface area (Å²) >= 11 is 0. The molecule has 1 rings (SSSR count). The van der Waals surface area contributed by atoms with Crippen LogP contribution >= 0.6 is 0 Å². The Morgan fingerprint density at radius 1 is 1.41 bits per heavy atom. The summed E-state index contributed by atoms with van der Waals surface area (Å²) in [5.74, 6) is -3.41. The molecule has 0 aliphatic heterocycles. The molecule has 1 aromatic rings. The number of halogens is 4. The Morgan fingerprint density at radius 2 is 2.06 bits per heavy atom. The molecule has 0 radical (unpaired) electrons. The van der Waals surface area contributed by atoms with E-state index in [1.807, 2.05) is 0 Å². The number of rotatable bonds is 4. The topological polar surface area (TPSA) is 39.2 Å². The van der Waals surface area contributed by atoms with Gasteiger partial charge in [0.2, 0.25) is 0 Å². The average molecular weight is 251 g/mol. The van der Waals surface area contributed by atoms with Crippen molar-refractivity contribution in [1.82, 2.24) is 4.98 Å². The second kappa shape index (κ2) is 5.60. The van der Waals surface area contributed by atoms with E-state index < -0.39 is 41.8 Å². The third kappa shape index (κ3) is 3.40. The van der Waals surface area contributed by atoms with E-state index in [4.69, 9.17) is 0 Å². The summed E-state index contributed by atoms with van der Waals surface area (Å²) in [4.78, 5) is 14.1. The van der Waals surface area contributed by atoms with Gasteiger partial charge in [-0.3, -0.25) is 4.79 Å². The number of hydrogen-bond donors (Lipinski definition) is 0. The highest BCUT2D eigenvalue weighted by molar-refractivity contribution is 5.72. The van der Waals surface area contributed by atoms with Crippen LogP contribution in [0, 0.1) is 11.6 Å². The number of alkyl halides is 2. The van der Waals surface area contributed by atoms with Gasteiger partial charge in [0, 0.05) is 6.07 Å². The van der Waals surface area contributed by atoms with Gasteiger partial charge < -0.3 is 4.74 Å². The van der Waals surface area contributed by atoms with Gasteiger partial charge in [0.15, 0.2) is 5.82 Å². The zero-order chi connectivity index (χ0) is 13.0. The Morgan fingerprint density at radius 3 is 2.59 bits per heavy atom. The number of hydrogen-bond acceptors (Lipinski definition) is 3. The van der Waals surface area contributed by atoms with Crippen LogP contribution in [0.4, 0.5) is 17.6 Å². The summed E-state index contributed by atoms with van der Waals surface area (Å²) in [6.07, 6.45) is -3.78. The minimum Gasteiger partial charge on any atom is -0.466 e. The van der Waals surface area contributed by atoms with Crippen molar-refractivity contribution in [1.29, 1.82) is 0 Å². The highest BCUT2D eigenvalue weighted by Gasteiger charge is 2.20. The summed E-state index contributed by atoms with van der Waals surface area (Å²) in [5, 5.41) is 0. The lowest BCUT2D eigenvalue weighted by Crippen LogP contribution is -2.12. The smallest absolute Gasteiger partial charge is 0.311 e. The molecule has 0 fully saturated rings. The predicted octanol–water partition coefficient (Wildman–Crippen LogP) is 2.40. The Balaban J connectivity index is 2.99. The molecule has 1 heterocycles. The van der Waals surface area contributed by atoms with Gasteiger partial charge in [-0.05, 0) is 6.92 Å². The summed E-state index contributed by atoms with van der Waals surface area (Å²) in [7, 11) is 0. The molecule has 0 unspecified atom stereocenters. The molecule has 1 aromatic heterocycles. The van der Waals surface area contributed by atoms with Crippen molar-refractivity contribution in [2.24, 2.45) is 0 Å². The molecular weight excluding hydrogens is 242 g/mol. The van der Waals surface area contributed by atoms with Crippen molar-refractivity contribution < 1.29 is 27.1 Å². The lowest BCUT2D eigenvalue weighted by molar-refractivity contribution is -0.142. The molecule has 0 aliphatic carbocycles. The number of aromatic nitrogens is 1. The third-order valence-corrected chi connectivity index (χ3v) is 1.85. The van der Waals surface area contributed by atoms with Gasteiger partial charge in [0.05, 0.1) is 18.7 Å². The number of carbonyl (C=O) groups is 1. The fourth-order valence-corrected chi connectivity index (χ4v) is 1.15. The fraction of sp³-hybridized carbons (Fsp3) is 0.400. The van der Waals surface area contributed by atoms with Crippen LogP contribution in [-0.4, -0.2) is 17.6 Å². The molecular formula is C10H9F4NO2. The Hall–Kier alpha value is -1.66. The lowest BCUT2D eigenvalue weighted by Gasteiger charge is -2.06. The van der Waals surface area contributed by atoms with Crippen LogP contribution in [-0.2, 0) is 16.0 Å². The molecule has 0 amide bonds. The van der Waals surface area contributed by atoms with Crippen LogP contribution in [0.5, 0.6) is 0 Å². The number of esters is 1. The first-order chi connectivity index (χ1) is 7.95. The number of ether oxygens (including phenoxy) is 1. The van der Waals surface area contributed by atoms with Gasteiger partial charge in [-0.15, -0.1) is 0 Å². The molecule has 0 saturated carbocycles. The Kier molecular flexibility index (Phi) is 4.42. The van der Waals surface area contributed by atoms with Gasteiger partial charge in [-0.1, -0.05) is 0 Å². The predicted molar refractivity (Wildman–Crippen MR) is 49.4 cm³/mol. The maximum Gasteiger partial charge on any atom is 0.311 e. The molecule has 7 heteroatoms. The SMILES string of the molecule is CCOC(=O)Cc1nc(C(F)F)c(F)cc1F. The summed E-state index contributed by atoms with van der Waals surface area (Å²) < 4.78 is 55.1. The van der Waals surface area contributed by atoms with Gasteiger partial charge in [0.25, 0.3) is 6.43 Å². The molecule has 94 valence electrons. The minimum absolute atomic E-state index is 0.0728. The maximum absolute atomic E-state index is 13.1. The van der Waals surface area contributed by atoms with Gasteiger partial charge in [-0.25, -0.2) is 22.5 Å². The lowest BCUT2D eigenvalue weighted by atomic mass is 10.2. The largest absolute Gasteiger partial charge is 0.466 e. The summed E-state index contributed by atoms with van der Waals surface area (Å²) in [6, 6.07) is 0.281. The molecule has 0 saturated heterocycles. The van der Waals surface area contributed by atoms with E-state index in [1.165, 1.54) is 6.92 Å². The van der Waals surface area contributed by atoms with E-state index >= 15 is 0 Å². The van der Waals surface area contributed by atoms with Crippen molar-refractivity contribution in [3.8, 4) is 0 Å². The monoisotopic (exact) mass is 251 g/mol. The first-order valence-electron chi connectivity index (χ1n) is 4.74. The molecule has 0 bridgehead atoms. The number of pyridine rings is 1. The number of nitrogens with zero attached hydrogens (tertiary/aromatic N) is 1. The van der Waals surface area contributed by atoms with Crippen molar-refractivity contribution in [3.05, 3.63) is 29.1 Å². The molecule has 0 spiro atoms. The van der Waals surface area contributed by atoms with E-state index in [1.54, 1.807) is 0 Å². The van der Waals surface area contributed by atoms with Crippen LogP contribution in [0.15, 0.2) is 6.07 Å². The minimum atomic E-state index is -3.17. The quantitative estimate of drug-likeness (QED) is 0.609. The van der Waals surface area contributed by atoms with E-state index in [-0.39, 0.29) is 12.7 Å². The average Bonchev–Trinajstić information content (AvgIpc) is 2.21. The first kappa shape index (κ1) is 13.4. The van der Waals surface area contributed by atoms with E-state index in [0.29, 0.717) is 0 Å². The zero-order valence-corrected chi connectivity index (χ0v) is 8.84. The molecule has 0 aliphatic rings. The van der Waals surface area contributed by atoms with Crippen molar-refractivity contribution in [3.63, 3.8) is 0 Å². The standard InChI is InChI=1S/C10H9F4NO2/c1-2-17-8(16)4-7-5(11)3-6(12)9(15-7)10(13)14/h3,10H,2,4H2,1H3.